The average Bonchev–Trinajstić information content (AvgIpc) is 2.22. The number of nitrogens with two attached hydrogens (primary N) is 1. The van der Waals surface area contributed by atoms with Crippen LogP contribution in [0.4, 0.5) is 0 Å². The van der Waals surface area contributed by atoms with Gasteiger partial charge in [0.25, 0.3) is 0 Å². The standard InChI is InChI=1S/C9H18N2O3S/c1-3-6-8(13)5(12)4-7(14-6)15-9(10)11-2/h5-8,12-13H,3-4H2,1-2H3,(H2,10,11). The molecule has 15 heavy (non-hydrogen) atoms. The first-order valence-electron chi connectivity index (χ1n) is 4.99. The van der Waals surface area contributed by atoms with Crippen LogP contribution < -0.4 is 5.73 Å². The third-order valence-corrected chi connectivity index (χ3v) is 3.40. The number of aliphatic hydroxyl groups excluding tert-OH is 2. The predicted molar refractivity (Wildman–Crippen MR) is 60.7 cm³/mol. The molecule has 6 heteroatoms. The van der Waals surface area contributed by atoms with E-state index in [-0.39, 0.29) is 11.5 Å². The number of rotatable bonds is 2. The molecule has 0 spiro atoms. The van der Waals surface area contributed by atoms with Crippen LogP contribution in [-0.4, -0.2) is 46.2 Å². The van der Waals surface area contributed by atoms with E-state index in [1.165, 1.54) is 11.8 Å². The second-order valence-corrected chi connectivity index (χ2v) is 4.67. The van der Waals surface area contributed by atoms with Crippen LogP contribution in [0.15, 0.2) is 4.99 Å². The van der Waals surface area contributed by atoms with Crippen LogP contribution in [-0.2, 0) is 4.74 Å². The molecule has 0 saturated carbocycles. The number of aliphatic hydroxyl groups is 2. The Balaban J connectivity index is 2.55. The van der Waals surface area contributed by atoms with E-state index in [2.05, 4.69) is 4.99 Å². The Kier molecular flexibility index (Phi) is 4.85. The van der Waals surface area contributed by atoms with Crippen molar-refractivity contribution in [1.29, 1.82) is 0 Å². The summed E-state index contributed by atoms with van der Waals surface area (Å²) >= 11 is 1.28. The van der Waals surface area contributed by atoms with E-state index >= 15 is 0 Å². The van der Waals surface area contributed by atoms with Crippen molar-refractivity contribution in [3.63, 3.8) is 0 Å². The van der Waals surface area contributed by atoms with Gasteiger partial charge in [-0.3, -0.25) is 4.99 Å². The maximum atomic E-state index is 9.61. The molecule has 0 bridgehead atoms. The average molecular weight is 234 g/mol. The highest BCUT2D eigenvalue weighted by atomic mass is 32.2. The summed E-state index contributed by atoms with van der Waals surface area (Å²) in [6.45, 7) is 1.91. The van der Waals surface area contributed by atoms with E-state index in [0.29, 0.717) is 18.0 Å². The molecule has 0 radical (unpaired) electrons. The molecular weight excluding hydrogens is 216 g/mol. The number of aliphatic imine (C=N–C) groups is 1. The predicted octanol–water partition coefficient (Wildman–Crippen LogP) is -0.0891. The topological polar surface area (TPSA) is 88.1 Å². The van der Waals surface area contributed by atoms with Gasteiger partial charge >= 0.3 is 0 Å². The van der Waals surface area contributed by atoms with Crippen LogP contribution in [0.1, 0.15) is 19.8 Å². The van der Waals surface area contributed by atoms with Crippen molar-refractivity contribution in [2.45, 2.75) is 43.5 Å². The Bertz CT molecular complexity index is 237. The highest BCUT2D eigenvalue weighted by Crippen LogP contribution is 2.28. The van der Waals surface area contributed by atoms with Crippen LogP contribution in [0.5, 0.6) is 0 Å². The second-order valence-electron chi connectivity index (χ2n) is 3.49. The smallest absolute Gasteiger partial charge is 0.156 e. The number of hydrogen-bond donors (Lipinski definition) is 3. The molecule has 5 nitrogen and oxygen atoms in total. The van der Waals surface area contributed by atoms with Crippen molar-refractivity contribution in [3.8, 4) is 0 Å². The van der Waals surface area contributed by atoms with Crippen molar-refractivity contribution >= 4 is 16.9 Å². The summed E-state index contributed by atoms with van der Waals surface area (Å²) < 4.78 is 5.58. The fourth-order valence-electron chi connectivity index (χ4n) is 1.52. The van der Waals surface area contributed by atoms with Crippen molar-refractivity contribution in [1.82, 2.24) is 0 Å². The molecule has 1 saturated heterocycles. The molecule has 88 valence electrons. The zero-order valence-electron chi connectivity index (χ0n) is 8.96. The Morgan fingerprint density at radius 2 is 2.27 bits per heavy atom. The minimum Gasteiger partial charge on any atom is -0.390 e. The highest BCUT2D eigenvalue weighted by Gasteiger charge is 2.36. The van der Waals surface area contributed by atoms with Gasteiger partial charge < -0.3 is 20.7 Å². The first-order valence-corrected chi connectivity index (χ1v) is 5.87. The largest absolute Gasteiger partial charge is 0.390 e. The zero-order chi connectivity index (χ0) is 11.4. The molecule has 1 fully saturated rings. The summed E-state index contributed by atoms with van der Waals surface area (Å²) in [6.07, 6.45) is -0.829. The SMILES string of the molecule is CCC1OC(SC(N)=NC)CC(O)C1O. The van der Waals surface area contributed by atoms with Gasteiger partial charge in [-0.15, -0.1) is 0 Å². The lowest BCUT2D eigenvalue weighted by Gasteiger charge is -2.36. The molecule has 0 aromatic carbocycles. The molecule has 0 amide bonds. The maximum Gasteiger partial charge on any atom is 0.156 e. The van der Waals surface area contributed by atoms with Crippen molar-refractivity contribution in [2.75, 3.05) is 7.05 Å². The molecule has 1 heterocycles. The number of ether oxygens (including phenoxy) is 1. The normalized spacial score (nSPS) is 38.0. The van der Waals surface area contributed by atoms with Gasteiger partial charge in [0.15, 0.2) is 5.17 Å². The Morgan fingerprint density at radius 1 is 1.60 bits per heavy atom. The van der Waals surface area contributed by atoms with Gasteiger partial charge in [-0.25, -0.2) is 0 Å². The van der Waals surface area contributed by atoms with Crippen LogP contribution in [0.25, 0.3) is 0 Å². The lowest BCUT2D eigenvalue weighted by Crippen LogP contribution is -2.47. The summed E-state index contributed by atoms with van der Waals surface area (Å²) in [5.41, 5.74) is 5.33. The molecule has 1 aliphatic rings. The minimum absolute atomic E-state index is 0.225. The van der Waals surface area contributed by atoms with Crippen molar-refractivity contribution < 1.29 is 14.9 Å². The quantitative estimate of drug-likeness (QED) is 0.459. The molecule has 0 aliphatic carbocycles. The summed E-state index contributed by atoms with van der Waals surface area (Å²) in [6, 6.07) is 0. The van der Waals surface area contributed by atoms with Crippen LogP contribution in [0, 0.1) is 0 Å². The minimum atomic E-state index is -0.799. The Hall–Kier alpha value is -0.300. The van der Waals surface area contributed by atoms with Gasteiger partial charge in [0.05, 0.1) is 12.2 Å². The first kappa shape index (κ1) is 12.8. The molecule has 4 N–H and O–H groups in total. The number of amidine groups is 1. The summed E-state index contributed by atoms with van der Waals surface area (Å²) in [5.74, 6) is 0. The van der Waals surface area contributed by atoms with Gasteiger partial charge in [0.2, 0.25) is 0 Å². The van der Waals surface area contributed by atoms with Gasteiger partial charge in [0.1, 0.15) is 11.5 Å². The molecule has 0 aromatic rings. The lowest BCUT2D eigenvalue weighted by molar-refractivity contribution is -0.144. The molecule has 4 atom stereocenters. The Morgan fingerprint density at radius 3 is 2.80 bits per heavy atom. The first-order chi connectivity index (χ1) is 7.08. The van der Waals surface area contributed by atoms with E-state index in [9.17, 15) is 10.2 Å². The van der Waals surface area contributed by atoms with Crippen LogP contribution in [0.2, 0.25) is 0 Å². The van der Waals surface area contributed by atoms with Crippen LogP contribution >= 0.6 is 11.8 Å². The summed E-state index contributed by atoms with van der Waals surface area (Å²) in [5, 5.41) is 19.6. The molecule has 4 unspecified atom stereocenters. The van der Waals surface area contributed by atoms with Gasteiger partial charge in [-0.05, 0) is 6.42 Å². The highest BCUT2D eigenvalue weighted by molar-refractivity contribution is 8.14. The van der Waals surface area contributed by atoms with E-state index < -0.39 is 12.2 Å². The fraction of sp³-hybridized carbons (Fsp3) is 0.889. The van der Waals surface area contributed by atoms with Gasteiger partial charge in [-0.2, -0.15) is 0 Å². The fourth-order valence-corrected chi connectivity index (χ4v) is 2.38. The second kappa shape index (κ2) is 5.69. The molecule has 0 aromatic heterocycles. The zero-order valence-corrected chi connectivity index (χ0v) is 9.78. The lowest BCUT2D eigenvalue weighted by atomic mass is 10.0. The van der Waals surface area contributed by atoms with Gasteiger partial charge in [0, 0.05) is 13.5 Å². The summed E-state index contributed by atoms with van der Waals surface area (Å²) in [7, 11) is 1.60. The third-order valence-electron chi connectivity index (χ3n) is 2.41. The van der Waals surface area contributed by atoms with E-state index in [1.807, 2.05) is 6.92 Å². The van der Waals surface area contributed by atoms with E-state index in [0.717, 1.165) is 0 Å². The summed E-state index contributed by atoms with van der Waals surface area (Å²) in [4.78, 5) is 3.81. The van der Waals surface area contributed by atoms with E-state index in [4.69, 9.17) is 10.5 Å². The maximum absolute atomic E-state index is 9.61. The monoisotopic (exact) mass is 234 g/mol. The third kappa shape index (κ3) is 3.34. The molecule has 1 rings (SSSR count). The van der Waals surface area contributed by atoms with Crippen LogP contribution in [0.3, 0.4) is 0 Å². The number of nitrogens with zero attached hydrogens (tertiary/aromatic N) is 1. The number of thioether (sulfide) groups is 1. The van der Waals surface area contributed by atoms with Gasteiger partial charge in [-0.1, -0.05) is 18.7 Å². The van der Waals surface area contributed by atoms with Crippen molar-refractivity contribution in [2.24, 2.45) is 10.7 Å². The van der Waals surface area contributed by atoms with E-state index in [1.54, 1.807) is 7.05 Å². The molecular formula is C9H18N2O3S. The van der Waals surface area contributed by atoms with Crippen molar-refractivity contribution in [3.05, 3.63) is 0 Å². The Labute approximate surface area is 93.7 Å². The molecule has 1 aliphatic heterocycles. The number of hydrogen-bond acceptors (Lipinski definition) is 5.